The number of hydrogen-bond acceptors (Lipinski definition) is 20. The molecule has 4 aromatic rings. The second-order valence-electron chi connectivity index (χ2n) is 10.1. The van der Waals surface area contributed by atoms with E-state index in [0.717, 1.165) is 17.2 Å². The maximum Gasteiger partial charge on any atom is 0.280 e. The molecule has 0 aliphatic carbocycles. The van der Waals surface area contributed by atoms with Crippen LogP contribution in [0.2, 0.25) is 0 Å². The lowest BCUT2D eigenvalue weighted by atomic mass is 10.1. The third-order valence-electron chi connectivity index (χ3n) is 7.30. The van der Waals surface area contributed by atoms with E-state index in [1.165, 1.54) is 10.9 Å². The third-order valence-corrected chi connectivity index (χ3v) is 9.24. The summed E-state index contributed by atoms with van der Waals surface area (Å²) in [6.07, 6.45) is -9.85. The van der Waals surface area contributed by atoms with Gasteiger partial charge in [-0.3, -0.25) is 28.0 Å². The number of phosphoric ester groups is 2. The van der Waals surface area contributed by atoms with Crippen LogP contribution in [0.25, 0.3) is 22.3 Å². The highest BCUT2D eigenvalue weighted by atomic mass is 31.2. The van der Waals surface area contributed by atoms with Gasteiger partial charge in [-0.15, -0.1) is 0 Å². The van der Waals surface area contributed by atoms with Crippen LogP contribution >= 0.6 is 15.6 Å². The molecule has 242 valence electrons. The minimum atomic E-state index is -5.38. The van der Waals surface area contributed by atoms with Gasteiger partial charge in [0.05, 0.1) is 25.9 Å². The number of imidazole rings is 2. The summed E-state index contributed by atoms with van der Waals surface area (Å²) in [5, 5.41) is 22.0. The number of nitrogens with zero attached hydrogens (tertiary/aromatic N) is 7. The van der Waals surface area contributed by atoms with Gasteiger partial charge >= 0.3 is 0 Å². The van der Waals surface area contributed by atoms with Gasteiger partial charge in [0.2, 0.25) is 5.95 Å². The minimum absolute atomic E-state index is 0.0161. The van der Waals surface area contributed by atoms with Crippen LogP contribution in [0.5, 0.6) is 0 Å². The number of H-pyrrole nitrogens is 1. The predicted molar refractivity (Wildman–Crippen MR) is 139 cm³/mol. The molecule has 3 aliphatic rings. The minimum Gasteiger partial charge on any atom is -0.756 e. The molecule has 7 rings (SSSR count). The quantitative estimate of drug-likeness (QED) is 0.128. The lowest BCUT2D eigenvalue weighted by Crippen LogP contribution is -2.37. The van der Waals surface area contributed by atoms with Crippen molar-refractivity contribution in [1.29, 1.82) is 0 Å². The van der Waals surface area contributed by atoms with Gasteiger partial charge in [-0.05, 0) is 0 Å². The van der Waals surface area contributed by atoms with Crippen LogP contribution in [0.1, 0.15) is 12.5 Å². The number of aromatic amines is 1. The summed E-state index contributed by atoms with van der Waals surface area (Å²) < 4.78 is 60.1. The van der Waals surface area contributed by atoms with Gasteiger partial charge in [0.1, 0.15) is 48.5 Å². The van der Waals surface area contributed by atoms with E-state index in [1.54, 1.807) is 0 Å². The van der Waals surface area contributed by atoms with Crippen LogP contribution in [0.4, 0.5) is 11.8 Å². The second-order valence-corrected chi connectivity index (χ2v) is 12.8. The fraction of sp³-hybridized carbons (Fsp3) is 0.500. The molecule has 0 aromatic carbocycles. The molecule has 3 aliphatic heterocycles. The van der Waals surface area contributed by atoms with Crippen LogP contribution in [0.15, 0.2) is 23.8 Å². The zero-order valence-electron chi connectivity index (χ0n) is 22.3. The molecule has 0 spiro atoms. The second kappa shape index (κ2) is 10.8. The molecule has 7 N–H and O–H groups in total. The van der Waals surface area contributed by atoms with E-state index in [4.69, 9.17) is 39.0 Å². The molecule has 4 aromatic heterocycles. The van der Waals surface area contributed by atoms with Gasteiger partial charge in [0.25, 0.3) is 21.2 Å². The number of aliphatic hydroxyl groups excluding tert-OH is 2. The predicted octanol–water partition coefficient (Wildman–Crippen LogP) is -3.61. The SMILES string of the molecule is Nc1nc2c(ncn2[C@@H]2O[C@@H]3COP(=O)([O-])O[C@H]4[C@@H](O)[C@H](n5cnc6c(N)ncnc65)O[C@@H]4COP(=O)([O-])O[C@@H]2[C@@H]3O)c(=O)[nH]1. The Balaban J connectivity index is 1.21. The van der Waals surface area contributed by atoms with Gasteiger partial charge < -0.3 is 59.0 Å². The average Bonchev–Trinajstić information content (AvgIpc) is 3.72. The first-order valence-corrected chi connectivity index (χ1v) is 15.8. The Hall–Kier alpha value is -3.44. The number of rotatable bonds is 2. The first-order chi connectivity index (χ1) is 21.3. The summed E-state index contributed by atoms with van der Waals surface area (Å²) in [4.78, 5) is 60.4. The van der Waals surface area contributed by atoms with E-state index < -0.39 is 83.5 Å². The van der Waals surface area contributed by atoms with Crippen molar-refractivity contribution in [3.8, 4) is 0 Å². The Morgan fingerprint density at radius 2 is 1.47 bits per heavy atom. The molecular formula is C20H22N10O13P2-2. The largest absolute Gasteiger partial charge is 0.756 e. The number of aliphatic hydroxyl groups is 2. The fourth-order valence-corrected chi connectivity index (χ4v) is 7.15. The Morgan fingerprint density at radius 3 is 2.20 bits per heavy atom. The van der Waals surface area contributed by atoms with Crippen molar-refractivity contribution < 1.29 is 56.7 Å². The van der Waals surface area contributed by atoms with Crippen LogP contribution in [-0.4, -0.2) is 99.1 Å². The number of ether oxygens (including phenoxy) is 2. The Kier molecular flexibility index (Phi) is 7.27. The summed E-state index contributed by atoms with van der Waals surface area (Å²) >= 11 is 0. The van der Waals surface area contributed by atoms with E-state index in [0.29, 0.717) is 0 Å². The van der Waals surface area contributed by atoms with Gasteiger partial charge in [-0.1, -0.05) is 0 Å². The van der Waals surface area contributed by atoms with Crippen molar-refractivity contribution in [2.75, 3.05) is 24.7 Å². The van der Waals surface area contributed by atoms with Gasteiger partial charge in [0.15, 0.2) is 35.1 Å². The molecule has 0 saturated carbocycles. The molecule has 0 radical (unpaired) electrons. The van der Waals surface area contributed by atoms with Crippen LogP contribution in [0, 0.1) is 0 Å². The summed E-state index contributed by atoms with van der Waals surface area (Å²) in [6, 6.07) is 0. The molecule has 7 heterocycles. The molecular weight excluding hydrogens is 650 g/mol. The molecule has 2 bridgehead atoms. The number of nitrogens with one attached hydrogen (secondary N) is 1. The molecule has 25 heteroatoms. The molecule has 10 atom stereocenters. The number of anilines is 2. The van der Waals surface area contributed by atoms with Crippen LogP contribution < -0.4 is 26.8 Å². The Labute approximate surface area is 248 Å². The third kappa shape index (κ3) is 5.31. The standard InChI is InChI=1S/C20H24N10O13P2/c21-14-8-15(24-3-23-14)29(4-25-8)18-11(32)12-7(41-18)2-39-45(36,37)43-13-10(31)6(1-38-44(34,35)42-12)40-19(13)30-5-26-9-16(30)27-20(22)28-17(9)33/h3-7,10-13,18-19,31-32H,1-2H2,(H,34,35)(H,36,37)(H2,21,23,24)(H3,22,27,28,33)/p-2/t6-,7-,10-,11-,12-,13-,18-,19-/m1/s1. The number of nitrogen functional groups attached to an aromatic ring is 2. The molecule has 3 fully saturated rings. The zero-order chi connectivity index (χ0) is 31.8. The topological polar surface area (TPSA) is 335 Å². The normalized spacial score (nSPS) is 37.7. The van der Waals surface area contributed by atoms with E-state index >= 15 is 0 Å². The Bertz CT molecular complexity index is 1940. The van der Waals surface area contributed by atoms with Gasteiger partial charge in [-0.2, -0.15) is 4.98 Å². The van der Waals surface area contributed by atoms with Crippen LogP contribution in [0.3, 0.4) is 0 Å². The first-order valence-electron chi connectivity index (χ1n) is 12.9. The van der Waals surface area contributed by atoms with E-state index in [2.05, 4.69) is 29.9 Å². The van der Waals surface area contributed by atoms with Crippen molar-refractivity contribution in [2.24, 2.45) is 0 Å². The van der Waals surface area contributed by atoms with Gasteiger partial charge in [0, 0.05) is 0 Å². The number of hydrogen-bond donors (Lipinski definition) is 5. The Morgan fingerprint density at radius 1 is 0.844 bits per heavy atom. The van der Waals surface area contributed by atoms with Crippen molar-refractivity contribution in [2.45, 2.75) is 49.1 Å². The number of aromatic nitrogens is 8. The molecule has 45 heavy (non-hydrogen) atoms. The van der Waals surface area contributed by atoms with E-state index in [1.807, 2.05) is 0 Å². The number of nitrogens with two attached hydrogens (primary N) is 2. The van der Waals surface area contributed by atoms with E-state index in [-0.39, 0.29) is 34.1 Å². The van der Waals surface area contributed by atoms with Crippen molar-refractivity contribution in [1.82, 2.24) is 39.0 Å². The summed E-state index contributed by atoms with van der Waals surface area (Å²) in [6.45, 7) is -1.83. The van der Waals surface area contributed by atoms with Crippen molar-refractivity contribution >= 4 is 49.7 Å². The highest BCUT2D eigenvalue weighted by molar-refractivity contribution is 7.46. The van der Waals surface area contributed by atoms with E-state index in [9.17, 15) is 33.9 Å². The lowest BCUT2D eigenvalue weighted by molar-refractivity contribution is -0.240. The molecule has 2 unspecified atom stereocenters. The highest BCUT2D eigenvalue weighted by Gasteiger charge is 2.51. The first kappa shape index (κ1) is 30.2. The average molecular weight is 672 g/mol. The maximum absolute atomic E-state index is 13.1. The zero-order valence-corrected chi connectivity index (χ0v) is 24.1. The smallest absolute Gasteiger partial charge is 0.280 e. The summed E-state index contributed by atoms with van der Waals surface area (Å²) in [5.41, 5.74) is 10.6. The molecule has 3 saturated heterocycles. The molecule has 0 amide bonds. The van der Waals surface area contributed by atoms with Crippen molar-refractivity contribution in [3.05, 3.63) is 29.3 Å². The number of fused-ring (bicyclic) bond motifs is 5. The van der Waals surface area contributed by atoms with Crippen molar-refractivity contribution in [3.63, 3.8) is 0 Å². The highest BCUT2D eigenvalue weighted by Crippen LogP contribution is 2.51. The summed E-state index contributed by atoms with van der Waals surface area (Å²) in [5.74, 6) is -0.289. The lowest BCUT2D eigenvalue weighted by Gasteiger charge is -2.32. The number of phosphoric acid groups is 2. The van der Waals surface area contributed by atoms with Gasteiger partial charge in [-0.25, -0.2) is 19.9 Å². The molecule has 23 nitrogen and oxygen atoms in total. The summed E-state index contributed by atoms with van der Waals surface area (Å²) in [7, 11) is -10.7. The fourth-order valence-electron chi connectivity index (χ4n) is 5.28. The maximum atomic E-state index is 13.1. The monoisotopic (exact) mass is 672 g/mol. The van der Waals surface area contributed by atoms with Crippen LogP contribution in [-0.2, 0) is 36.7 Å².